The van der Waals surface area contributed by atoms with Gasteiger partial charge in [-0.15, -0.1) is 0 Å². The van der Waals surface area contributed by atoms with E-state index in [1.165, 1.54) is 13.3 Å². The molecule has 1 aliphatic rings. The number of allylic oxidation sites excluding steroid dienone is 1. The van der Waals surface area contributed by atoms with E-state index in [2.05, 4.69) is 52.7 Å². The van der Waals surface area contributed by atoms with Crippen LogP contribution in [0.5, 0.6) is 0 Å². The van der Waals surface area contributed by atoms with E-state index in [-0.39, 0.29) is 5.91 Å². The van der Waals surface area contributed by atoms with Crippen molar-refractivity contribution in [2.24, 2.45) is 4.99 Å². The maximum absolute atomic E-state index is 11.3. The van der Waals surface area contributed by atoms with E-state index in [0.717, 1.165) is 41.7 Å². The van der Waals surface area contributed by atoms with Crippen molar-refractivity contribution in [2.45, 2.75) is 33.4 Å². The van der Waals surface area contributed by atoms with E-state index in [1.807, 2.05) is 43.5 Å². The van der Waals surface area contributed by atoms with Crippen LogP contribution in [-0.2, 0) is 4.79 Å². The van der Waals surface area contributed by atoms with Crippen molar-refractivity contribution in [3.63, 3.8) is 0 Å². The van der Waals surface area contributed by atoms with Crippen LogP contribution in [0.4, 0.5) is 30.4 Å². The molecule has 1 aliphatic heterocycles. The average molecular weight is 525 g/mol. The molecule has 4 heterocycles. The van der Waals surface area contributed by atoms with Crippen molar-refractivity contribution in [1.82, 2.24) is 24.9 Å². The zero-order valence-electron chi connectivity index (χ0n) is 20.8. The average Bonchev–Trinajstić information content (AvgIpc) is 3.16. The number of H-pyrrole nitrogens is 1. The number of anilines is 3. The first-order valence-corrected chi connectivity index (χ1v) is 11.7. The van der Waals surface area contributed by atoms with E-state index in [0.29, 0.717) is 22.8 Å². The summed E-state index contributed by atoms with van der Waals surface area (Å²) in [5.74, 6) is 0.529. The van der Waals surface area contributed by atoms with Gasteiger partial charge in [-0.3, -0.25) is 9.79 Å². The van der Waals surface area contributed by atoms with Crippen molar-refractivity contribution in [2.75, 3.05) is 17.2 Å². The molecule has 1 aromatic carbocycles. The number of rotatable bonds is 4. The highest BCUT2D eigenvalue weighted by Gasteiger charge is 2.14. The minimum Gasteiger partial charge on any atom is -0.341 e. The topological polar surface area (TPSA) is 121 Å². The summed E-state index contributed by atoms with van der Waals surface area (Å²) >= 11 is 0. The number of aliphatic imine (C=N–C) groups is 1. The Bertz CT molecular complexity index is 1390. The van der Waals surface area contributed by atoms with Gasteiger partial charge in [0.2, 0.25) is 5.91 Å². The number of pyridine rings is 1. The normalized spacial score (nSPS) is 12.2. The molecule has 3 N–H and O–H groups in total. The van der Waals surface area contributed by atoms with E-state index in [4.69, 9.17) is 0 Å². The van der Waals surface area contributed by atoms with Gasteiger partial charge in [0.1, 0.15) is 23.4 Å². The third-order valence-corrected chi connectivity index (χ3v) is 5.06. The van der Waals surface area contributed by atoms with Gasteiger partial charge in [0.15, 0.2) is 5.65 Å². The summed E-state index contributed by atoms with van der Waals surface area (Å²) in [6, 6.07) is 9.46. The van der Waals surface area contributed by atoms with Crippen LogP contribution in [0.25, 0.3) is 22.4 Å². The summed E-state index contributed by atoms with van der Waals surface area (Å²) in [7, 11) is 0. The lowest BCUT2D eigenvalue weighted by Gasteiger charge is -2.14. The molecule has 4 aromatic rings. The number of imidazole rings is 1. The van der Waals surface area contributed by atoms with Gasteiger partial charge in [-0.05, 0) is 43.2 Å². The maximum Gasteiger partial charge on any atom is 0.379 e. The van der Waals surface area contributed by atoms with Crippen LogP contribution in [0.15, 0.2) is 66.3 Å². The van der Waals surface area contributed by atoms with E-state index in [1.54, 1.807) is 12.5 Å². The summed E-state index contributed by atoms with van der Waals surface area (Å²) in [6.45, 7) is 0.783. The molecule has 9 nitrogen and oxygen atoms in total. The molecule has 5 rings (SSSR count). The van der Waals surface area contributed by atoms with Crippen molar-refractivity contribution >= 4 is 40.5 Å². The minimum absolute atomic E-state index is 0.119. The van der Waals surface area contributed by atoms with Gasteiger partial charge >= 0.3 is 6.68 Å². The number of aryl methyl sites for hydroxylation is 1. The summed E-state index contributed by atoms with van der Waals surface area (Å²) in [4.78, 5) is 35.7. The number of benzene rings is 1. The quantitative estimate of drug-likeness (QED) is 0.281. The molecule has 0 saturated carbocycles. The van der Waals surface area contributed by atoms with Crippen molar-refractivity contribution in [3.8, 4) is 11.3 Å². The molecular weight excluding hydrogens is 497 g/mol. The molecule has 38 heavy (non-hydrogen) atoms. The number of hydrogen-bond donors (Lipinski definition) is 3. The number of nitrogens with zero attached hydrogens (tertiary/aromatic N) is 5. The van der Waals surface area contributed by atoms with E-state index < -0.39 is 6.68 Å². The Morgan fingerprint density at radius 2 is 1.89 bits per heavy atom. The van der Waals surface area contributed by atoms with Crippen molar-refractivity contribution < 1.29 is 18.0 Å². The van der Waals surface area contributed by atoms with Crippen LogP contribution in [0.3, 0.4) is 0 Å². The molecule has 3 aromatic heterocycles. The Hall–Kier alpha value is -4.61. The third-order valence-electron chi connectivity index (χ3n) is 5.06. The number of carbonyl (C=O) groups is 1. The lowest BCUT2D eigenvalue weighted by Crippen LogP contribution is -2.06. The molecule has 198 valence electrons. The molecule has 0 spiro atoms. The second-order valence-corrected chi connectivity index (χ2v) is 7.89. The predicted octanol–water partition coefficient (Wildman–Crippen LogP) is 6.01. The van der Waals surface area contributed by atoms with Crippen LogP contribution in [0, 0.1) is 6.92 Å². The highest BCUT2D eigenvalue weighted by atomic mass is 19.4. The molecule has 12 heteroatoms. The van der Waals surface area contributed by atoms with Crippen molar-refractivity contribution in [1.29, 1.82) is 0 Å². The van der Waals surface area contributed by atoms with Crippen LogP contribution in [0.2, 0.25) is 0 Å². The van der Waals surface area contributed by atoms with E-state index in [9.17, 15) is 18.0 Å². The van der Waals surface area contributed by atoms with Gasteiger partial charge in [-0.25, -0.2) is 19.9 Å². The fourth-order valence-electron chi connectivity index (χ4n) is 3.42. The van der Waals surface area contributed by atoms with Gasteiger partial charge in [0.25, 0.3) is 0 Å². The molecule has 0 fully saturated rings. The summed E-state index contributed by atoms with van der Waals surface area (Å²) in [6.07, 6.45) is 13.2. The van der Waals surface area contributed by atoms with Crippen LogP contribution < -0.4 is 10.6 Å². The van der Waals surface area contributed by atoms with Gasteiger partial charge < -0.3 is 15.6 Å². The Morgan fingerprint density at radius 3 is 2.68 bits per heavy atom. The Balaban J connectivity index is 0.000000304. The first-order chi connectivity index (χ1) is 18.3. The second-order valence-electron chi connectivity index (χ2n) is 7.89. The number of amides is 1. The van der Waals surface area contributed by atoms with Crippen LogP contribution in [0.1, 0.15) is 25.3 Å². The van der Waals surface area contributed by atoms with Crippen LogP contribution >= 0.6 is 0 Å². The number of carbonyl (C=O) groups excluding carboxylic acids is 1. The molecule has 1 amide bonds. The molecule has 0 bridgehead atoms. The molecule has 0 aliphatic carbocycles. The summed E-state index contributed by atoms with van der Waals surface area (Å²) < 4.78 is 29.0. The Labute approximate surface area is 217 Å². The van der Waals surface area contributed by atoms with Crippen LogP contribution in [-0.4, -0.2) is 50.3 Å². The molecule has 0 atom stereocenters. The Kier molecular flexibility index (Phi) is 10.5. The second kappa shape index (κ2) is 14.2. The number of hydrogen-bond acceptors (Lipinski definition) is 7. The third kappa shape index (κ3) is 8.50. The number of aromatic amines is 1. The lowest BCUT2D eigenvalue weighted by molar-refractivity contribution is -0.114. The SMILES string of the molecule is C1=CCCN=CC1.CC(=O)Nc1ccc(C)c(Nc2ncccc2-c2ncnc3nc[nH]c23)c1.FC(F)F. The van der Waals surface area contributed by atoms with Gasteiger partial charge in [0, 0.05) is 49.2 Å². The summed E-state index contributed by atoms with van der Waals surface area (Å²) in [5.41, 5.74) is 5.45. The fourth-order valence-corrected chi connectivity index (χ4v) is 3.42. The van der Waals surface area contributed by atoms with Gasteiger partial charge in [-0.2, -0.15) is 13.2 Å². The smallest absolute Gasteiger partial charge is 0.341 e. The largest absolute Gasteiger partial charge is 0.379 e. The Morgan fingerprint density at radius 1 is 1.08 bits per heavy atom. The highest BCUT2D eigenvalue weighted by molar-refractivity contribution is 5.92. The minimum atomic E-state index is -3.67. The molecule has 0 unspecified atom stereocenters. The number of halogens is 3. The van der Waals surface area contributed by atoms with Gasteiger partial charge in [-0.1, -0.05) is 18.2 Å². The molecule has 0 radical (unpaired) electrons. The zero-order valence-corrected chi connectivity index (χ0v) is 20.8. The van der Waals surface area contributed by atoms with Gasteiger partial charge in [0.05, 0.1) is 6.33 Å². The number of alkyl halides is 3. The lowest BCUT2D eigenvalue weighted by atomic mass is 10.1. The number of aromatic nitrogens is 5. The van der Waals surface area contributed by atoms with Crippen molar-refractivity contribution in [3.05, 3.63) is 66.9 Å². The zero-order chi connectivity index (χ0) is 27.3. The predicted molar refractivity (Wildman–Crippen MR) is 143 cm³/mol. The highest BCUT2D eigenvalue weighted by Crippen LogP contribution is 2.32. The molecular formula is C26H27F3N8O. The number of fused-ring (bicyclic) bond motifs is 1. The fraction of sp³-hybridized carbons (Fsp3) is 0.231. The monoisotopic (exact) mass is 524 g/mol. The first-order valence-electron chi connectivity index (χ1n) is 11.7. The summed E-state index contributed by atoms with van der Waals surface area (Å²) in [5, 5.41) is 6.14. The molecule has 0 saturated heterocycles. The maximum atomic E-state index is 11.3. The first kappa shape index (κ1) is 28.0. The number of nitrogens with one attached hydrogen (secondary N) is 3. The van der Waals surface area contributed by atoms with E-state index >= 15 is 0 Å². The standard InChI is InChI=1S/C19H17N7O.C6H9N.CHF3/c1-11-5-6-13(25-12(2)27)8-15(11)26-18-14(4-3-7-20-18)16-17-19(23-9-21-16)24-10-22-17;1-2-4-6-7-5-3-1;2-1(3)4/h3-10H,1-2H3,(H,20,26)(H,25,27)(H,21,22,23,24);1-2,5H,3-4,6H2;1H.